The molecule has 0 bridgehead atoms. The molecule has 9 nitrogen and oxygen atoms in total. The lowest BCUT2D eigenvalue weighted by molar-refractivity contribution is -0.138. The van der Waals surface area contributed by atoms with Gasteiger partial charge in [0.15, 0.2) is 0 Å². The van der Waals surface area contributed by atoms with Gasteiger partial charge < -0.3 is 15.0 Å². The SMILES string of the molecule is COc1ccc(C2(C)NC(=O)N(CC(=O)N(C)Cc3nc(C)c4ccccc4n3)C2=O)cc1. The summed E-state index contributed by atoms with van der Waals surface area (Å²) in [6.45, 7) is 3.29. The Morgan fingerprint density at radius 1 is 1.12 bits per heavy atom. The van der Waals surface area contributed by atoms with Gasteiger partial charge in [0.05, 0.1) is 19.2 Å². The van der Waals surface area contributed by atoms with Gasteiger partial charge in [0.1, 0.15) is 23.7 Å². The van der Waals surface area contributed by atoms with E-state index >= 15 is 0 Å². The van der Waals surface area contributed by atoms with Crippen molar-refractivity contribution in [2.75, 3.05) is 20.7 Å². The van der Waals surface area contributed by atoms with Crippen LogP contribution in [0, 0.1) is 6.92 Å². The van der Waals surface area contributed by atoms with Gasteiger partial charge in [-0.1, -0.05) is 30.3 Å². The maximum absolute atomic E-state index is 13.1. The average Bonchev–Trinajstić information content (AvgIpc) is 3.03. The molecule has 1 atom stereocenters. The smallest absolute Gasteiger partial charge is 0.325 e. The molecule has 1 aromatic heterocycles. The van der Waals surface area contributed by atoms with Gasteiger partial charge in [0.25, 0.3) is 5.91 Å². The second-order valence-corrected chi connectivity index (χ2v) is 8.17. The Morgan fingerprint density at radius 2 is 1.82 bits per heavy atom. The third-order valence-electron chi connectivity index (χ3n) is 5.88. The summed E-state index contributed by atoms with van der Waals surface area (Å²) in [6.07, 6.45) is 0. The molecule has 4 rings (SSSR count). The molecule has 33 heavy (non-hydrogen) atoms. The molecular weight excluding hydrogens is 422 g/mol. The molecule has 170 valence electrons. The van der Waals surface area contributed by atoms with Crippen LogP contribution in [0.1, 0.15) is 24.0 Å². The molecule has 0 radical (unpaired) electrons. The Kier molecular flexibility index (Phi) is 5.71. The van der Waals surface area contributed by atoms with Crippen LogP contribution in [0.15, 0.2) is 48.5 Å². The van der Waals surface area contributed by atoms with Crippen molar-refractivity contribution < 1.29 is 19.1 Å². The summed E-state index contributed by atoms with van der Waals surface area (Å²) >= 11 is 0. The Balaban J connectivity index is 1.47. The monoisotopic (exact) mass is 447 g/mol. The first-order valence-electron chi connectivity index (χ1n) is 10.5. The van der Waals surface area contributed by atoms with Crippen LogP contribution >= 0.6 is 0 Å². The Bertz CT molecular complexity index is 1240. The standard InChI is InChI=1S/C24H25N5O4/c1-15-18-7-5-6-8-19(18)26-20(25-15)13-28(3)21(30)14-29-22(31)24(2,27-23(29)32)16-9-11-17(33-4)12-10-16/h5-12H,13-14H2,1-4H3,(H,27,32). The lowest BCUT2D eigenvalue weighted by Crippen LogP contribution is -2.43. The fourth-order valence-corrected chi connectivity index (χ4v) is 3.88. The van der Waals surface area contributed by atoms with E-state index in [4.69, 9.17) is 4.74 Å². The van der Waals surface area contributed by atoms with Crippen LogP contribution < -0.4 is 10.1 Å². The van der Waals surface area contributed by atoms with Crippen molar-refractivity contribution in [3.63, 3.8) is 0 Å². The molecule has 0 aliphatic carbocycles. The van der Waals surface area contributed by atoms with Crippen LogP contribution in [-0.4, -0.2) is 58.3 Å². The van der Waals surface area contributed by atoms with Gasteiger partial charge in [-0.25, -0.2) is 14.8 Å². The van der Waals surface area contributed by atoms with Gasteiger partial charge >= 0.3 is 6.03 Å². The average molecular weight is 447 g/mol. The lowest BCUT2D eigenvalue weighted by atomic mass is 9.92. The van der Waals surface area contributed by atoms with E-state index in [2.05, 4.69) is 15.3 Å². The Hall–Kier alpha value is -4.01. The molecule has 3 aromatic rings. The molecule has 2 heterocycles. The van der Waals surface area contributed by atoms with E-state index in [-0.39, 0.29) is 13.1 Å². The summed E-state index contributed by atoms with van der Waals surface area (Å²) in [5.41, 5.74) is 0.955. The highest BCUT2D eigenvalue weighted by atomic mass is 16.5. The van der Waals surface area contributed by atoms with Crippen LogP contribution in [0.25, 0.3) is 10.9 Å². The van der Waals surface area contributed by atoms with E-state index in [1.807, 2.05) is 31.2 Å². The number of aromatic nitrogens is 2. The Morgan fingerprint density at radius 3 is 2.52 bits per heavy atom. The quantitative estimate of drug-likeness (QED) is 0.582. The van der Waals surface area contributed by atoms with Crippen LogP contribution in [0.3, 0.4) is 0 Å². The zero-order valence-corrected chi connectivity index (χ0v) is 19.0. The zero-order chi connectivity index (χ0) is 23.8. The highest BCUT2D eigenvalue weighted by Gasteiger charge is 2.49. The van der Waals surface area contributed by atoms with Crippen molar-refractivity contribution in [2.24, 2.45) is 0 Å². The van der Waals surface area contributed by atoms with E-state index in [1.54, 1.807) is 45.3 Å². The third-order valence-corrected chi connectivity index (χ3v) is 5.88. The number of hydrogen-bond acceptors (Lipinski definition) is 6. The first-order chi connectivity index (χ1) is 15.7. The second-order valence-electron chi connectivity index (χ2n) is 8.17. The molecule has 1 fully saturated rings. The van der Waals surface area contributed by atoms with Gasteiger partial charge in [-0.05, 0) is 37.6 Å². The summed E-state index contributed by atoms with van der Waals surface area (Å²) in [5, 5.41) is 3.66. The van der Waals surface area contributed by atoms with E-state index in [0.717, 1.165) is 21.5 Å². The minimum absolute atomic E-state index is 0.157. The van der Waals surface area contributed by atoms with Gasteiger partial charge in [0.2, 0.25) is 5.91 Å². The van der Waals surface area contributed by atoms with Crippen LogP contribution in [-0.2, 0) is 21.7 Å². The molecule has 2 aromatic carbocycles. The topological polar surface area (TPSA) is 105 Å². The lowest BCUT2D eigenvalue weighted by Gasteiger charge is -2.23. The molecule has 0 saturated carbocycles. The number of amides is 4. The molecule has 9 heteroatoms. The molecule has 1 unspecified atom stereocenters. The number of nitrogens with zero attached hydrogens (tertiary/aromatic N) is 4. The fourth-order valence-electron chi connectivity index (χ4n) is 3.88. The second kappa shape index (κ2) is 8.50. The number of aryl methyl sites for hydroxylation is 1. The molecule has 4 amide bonds. The number of para-hydroxylation sites is 1. The van der Waals surface area contributed by atoms with Crippen molar-refractivity contribution in [2.45, 2.75) is 25.9 Å². The normalized spacial score (nSPS) is 17.9. The molecule has 0 spiro atoms. The molecule has 1 aliphatic heterocycles. The molecule has 1 N–H and O–H groups in total. The van der Waals surface area contributed by atoms with Crippen LogP contribution in [0.4, 0.5) is 4.79 Å². The fraction of sp³-hybridized carbons (Fsp3) is 0.292. The summed E-state index contributed by atoms with van der Waals surface area (Å²) in [6, 6.07) is 13.9. The minimum atomic E-state index is -1.26. The summed E-state index contributed by atoms with van der Waals surface area (Å²) in [5.74, 6) is 0.241. The highest BCUT2D eigenvalue weighted by molar-refractivity contribution is 6.09. The number of urea groups is 1. The van der Waals surface area contributed by atoms with Crippen molar-refractivity contribution in [3.8, 4) is 5.75 Å². The number of rotatable bonds is 6. The van der Waals surface area contributed by atoms with Crippen molar-refractivity contribution in [3.05, 3.63) is 65.6 Å². The number of carbonyl (C=O) groups is 3. The number of benzene rings is 2. The summed E-state index contributed by atoms with van der Waals surface area (Å²) < 4.78 is 5.15. The number of fused-ring (bicyclic) bond motifs is 1. The predicted octanol–water partition coefficient (Wildman–Crippen LogP) is 2.37. The van der Waals surface area contributed by atoms with Crippen LogP contribution in [0.2, 0.25) is 0 Å². The number of methoxy groups -OCH3 is 1. The van der Waals surface area contributed by atoms with Gasteiger partial charge in [-0.15, -0.1) is 0 Å². The summed E-state index contributed by atoms with van der Waals surface area (Å²) in [7, 11) is 3.14. The minimum Gasteiger partial charge on any atom is -0.497 e. The van der Waals surface area contributed by atoms with Gasteiger partial charge in [0, 0.05) is 18.1 Å². The number of imide groups is 1. The summed E-state index contributed by atoms with van der Waals surface area (Å²) in [4.78, 5) is 49.9. The Labute approximate surface area is 191 Å². The maximum atomic E-state index is 13.1. The van der Waals surface area contributed by atoms with Crippen molar-refractivity contribution in [1.82, 2.24) is 25.1 Å². The number of hydrogen-bond donors (Lipinski definition) is 1. The van der Waals surface area contributed by atoms with Crippen molar-refractivity contribution >= 4 is 28.7 Å². The van der Waals surface area contributed by atoms with E-state index in [1.165, 1.54) is 4.90 Å². The first kappa shape index (κ1) is 22.2. The molecule has 1 saturated heterocycles. The number of likely N-dealkylation sites (N-methyl/N-ethyl adjacent to an activating group) is 1. The predicted molar refractivity (Wildman–Crippen MR) is 121 cm³/mol. The highest BCUT2D eigenvalue weighted by Crippen LogP contribution is 2.30. The first-order valence-corrected chi connectivity index (χ1v) is 10.5. The number of ether oxygens (including phenoxy) is 1. The largest absolute Gasteiger partial charge is 0.497 e. The van der Waals surface area contributed by atoms with Gasteiger partial charge in [-0.2, -0.15) is 0 Å². The van der Waals surface area contributed by atoms with E-state index in [9.17, 15) is 14.4 Å². The molecule has 1 aliphatic rings. The van der Waals surface area contributed by atoms with E-state index < -0.39 is 23.4 Å². The number of carbonyl (C=O) groups excluding carboxylic acids is 3. The zero-order valence-electron chi connectivity index (χ0n) is 19.0. The third kappa shape index (κ3) is 4.09. The molecular formula is C24H25N5O4. The maximum Gasteiger partial charge on any atom is 0.325 e. The number of nitrogens with one attached hydrogen (secondary N) is 1. The van der Waals surface area contributed by atoms with E-state index in [0.29, 0.717) is 17.1 Å². The van der Waals surface area contributed by atoms with Gasteiger partial charge in [-0.3, -0.25) is 14.5 Å². The van der Waals surface area contributed by atoms with Crippen molar-refractivity contribution in [1.29, 1.82) is 0 Å². The van der Waals surface area contributed by atoms with Crippen LogP contribution in [0.5, 0.6) is 5.75 Å².